The van der Waals surface area contributed by atoms with Gasteiger partial charge in [0.25, 0.3) is 0 Å². The van der Waals surface area contributed by atoms with Gasteiger partial charge in [-0.3, -0.25) is 4.79 Å². The quantitative estimate of drug-likeness (QED) is 0.866. The molecule has 1 aromatic rings. The van der Waals surface area contributed by atoms with E-state index in [0.29, 0.717) is 18.1 Å². The number of halogens is 1. The number of hydrogen-bond donors (Lipinski definition) is 1. The Morgan fingerprint density at radius 3 is 2.74 bits per heavy atom. The zero-order chi connectivity index (χ0) is 14.0. The van der Waals surface area contributed by atoms with Crippen molar-refractivity contribution >= 4 is 17.5 Å². The highest BCUT2D eigenvalue weighted by atomic mass is 35.5. The zero-order valence-corrected chi connectivity index (χ0v) is 12.5. The lowest BCUT2D eigenvalue weighted by Gasteiger charge is -2.20. The van der Waals surface area contributed by atoms with Crippen molar-refractivity contribution in [3.63, 3.8) is 0 Å². The fourth-order valence-corrected chi connectivity index (χ4v) is 2.60. The van der Waals surface area contributed by atoms with Crippen molar-refractivity contribution in [1.82, 2.24) is 15.3 Å². The molecule has 1 aromatic heterocycles. The lowest BCUT2D eigenvalue weighted by atomic mass is 10.1. The van der Waals surface area contributed by atoms with Crippen LogP contribution >= 0.6 is 11.6 Å². The van der Waals surface area contributed by atoms with Crippen LogP contribution in [0.4, 0.5) is 0 Å². The normalized spacial score (nSPS) is 14.3. The van der Waals surface area contributed by atoms with E-state index in [0.717, 1.165) is 30.7 Å². The molecular formula is C14H20ClN3O. The van der Waals surface area contributed by atoms with Gasteiger partial charge in [-0.1, -0.05) is 0 Å². The van der Waals surface area contributed by atoms with E-state index in [9.17, 15) is 4.79 Å². The van der Waals surface area contributed by atoms with Crippen molar-refractivity contribution in [2.75, 3.05) is 0 Å². The molecule has 1 aliphatic carbocycles. The fraction of sp³-hybridized carbons (Fsp3) is 0.643. The summed E-state index contributed by atoms with van der Waals surface area (Å²) in [6.45, 7) is 5.93. The van der Waals surface area contributed by atoms with Gasteiger partial charge in [0, 0.05) is 23.3 Å². The number of aryl methyl sites for hydroxylation is 2. The Kier molecular flexibility index (Phi) is 4.09. The molecule has 0 radical (unpaired) electrons. The van der Waals surface area contributed by atoms with Gasteiger partial charge in [0.2, 0.25) is 11.2 Å². The summed E-state index contributed by atoms with van der Waals surface area (Å²) in [5.41, 5.74) is 3.01. The molecule has 0 aliphatic heterocycles. The minimum Gasteiger partial charge on any atom is -0.351 e. The molecule has 0 aromatic carbocycles. The highest BCUT2D eigenvalue weighted by Gasteiger charge is 2.20. The summed E-state index contributed by atoms with van der Waals surface area (Å²) in [6, 6.07) is 0. The molecule has 1 aliphatic rings. The standard InChI is InChI=1S/C14H20ClN3O/c1-14(2,3)18-12(19)8-7-11-9-5-4-6-10(9)16-13(15)17-11/h4-8H2,1-3H3,(H,18,19). The third-order valence-corrected chi connectivity index (χ3v) is 3.26. The maximum atomic E-state index is 11.8. The van der Waals surface area contributed by atoms with E-state index in [1.165, 1.54) is 5.56 Å². The molecule has 0 bridgehead atoms. The number of fused-ring (bicyclic) bond motifs is 1. The van der Waals surface area contributed by atoms with Gasteiger partial charge in [0.15, 0.2) is 0 Å². The zero-order valence-electron chi connectivity index (χ0n) is 11.7. The Bertz CT molecular complexity index is 494. The molecule has 1 N–H and O–H groups in total. The van der Waals surface area contributed by atoms with Crippen LogP contribution in [0.3, 0.4) is 0 Å². The average Bonchev–Trinajstić information content (AvgIpc) is 2.71. The molecule has 0 spiro atoms. The first-order chi connectivity index (χ1) is 8.85. The second kappa shape index (κ2) is 5.45. The van der Waals surface area contributed by atoms with E-state index in [4.69, 9.17) is 11.6 Å². The van der Waals surface area contributed by atoms with Crippen molar-refractivity contribution in [3.05, 3.63) is 22.2 Å². The fourth-order valence-electron chi connectivity index (χ4n) is 2.40. The minimum atomic E-state index is -0.192. The Morgan fingerprint density at radius 1 is 1.32 bits per heavy atom. The van der Waals surface area contributed by atoms with Crippen LogP contribution in [0.15, 0.2) is 0 Å². The largest absolute Gasteiger partial charge is 0.351 e. The molecule has 5 heteroatoms. The number of nitrogens with one attached hydrogen (secondary N) is 1. The topological polar surface area (TPSA) is 54.9 Å². The van der Waals surface area contributed by atoms with Crippen LogP contribution in [0, 0.1) is 0 Å². The molecule has 1 heterocycles. The molecule has 104 valence electrons. The predicted molar refractivity (Wildman–Crippen MR) is 75.3 cm³/mol. The van der Waals surface area contributed by atoms with Crippen molar-refractivity contribution in [1.29, 1.82) is 0 Å². The number of carbonyl (C=O) groups is 1. The van der Waals surface area contributed by atoms with Crippen molar-refractivity contribution in [2.24, 2.45) is 0 Å². The van der Waals surface area contributed by atoms with Crippen molar-refractivity contribution in [2.45, 2.75) is 58.4 Å². The Hall–Kier alpha value is -1.16. The van der Waals surface area contributed by atoms with E-state index >= 15 is 0 Å². The summed E-state index contributed by atoms with van der Waals surface area (Å²) >= 11 is 5.93. The van der Waals surface area contributed by atoms with Gasteiger partial charge in [0.05, 0.1) is 0 Å². The third kappa shape index (κ3) is 3.90. The predicted octanol–water partition coefficient (Wildman–Crippen LogP) is 2.47. The first-order valence-electron chi connectivity index (χ1n) is 6.70. The average molecular weight is 282 g/mol. The van der Waals surface area contributed by atoms with Crippen LogP contribution in [0.5, 0.6) is 0 Å². The van der Waals surface area contributed by atoms with Gasteiger partial charge in [-0.25, -0.2) is 9.97 Å². The molecule has 1 amide bonds. The highest BCUT2D eigenvalue weighted by molar-refractivity contribution is 6.28. The van der Waals surface area contributed by atoms with Crippen LogP contribution < -0.4 is 5.32 Å². The van der Waals surface area contributed by atoms with Crippen molar-refractivity contribution < 1.29 is 4.79 Å². The summed E-state index contributed by atoms with van der Waals surface area (Å²) in [7, 11) is 0. The number of carbonyl (C=O) groups excluding carboxylic acids is 1. The van der Waals surface area contributed by atoms with Crippen LogP contribution in [-0.4, -0.2) is 21.4 Å². The first-order valence-corrected chi connectivity index (χ1v) is 7.08. The molecule has 2 rings (SSSR count). The number of amides is 1. The van der Waals surface area contributed by atoms with E-state index in [1.54, 1.807) is 0 Å². The number of hydrogen-bond acceptors (Lipinski definition) is 3. The van der Waals surface area contributed by atoms with Gasteiger partial charge < -0.3 is 5.32 Å². The second-order valence-electron chi connectivity index (χ2n) is 6.02. The molecule has 0 unspecified atom stereocenters. The van der Waals surface area contributed by atoms with Gasteiger partial charge in [-0.15, -0.1) is 0 Å². The van der Waals surface area contributed by atoms with Gasteiger partial charge in [-0.05, 0) is 63.6 Å². The summed E-state index contributed by atoms with van der Waals surface area (Å²) in [6.07, 6.45) is 4.15. The van der Waals surface area contributed by atoms with E-state index in [2.05, 4.69) is 15.3 Å². The molecule has 4 nitrogen and oxygen atoms in total. The maximum absolute atomic E-state index is 11.8. The molecule has 19 heavy (non-hydrogen) atoms. The molecule has 0 saturated heterocycles. The number of nitrogens with zero attached hydrogens (tertiary/aromatic N) is 2. The summed E-state index contributed by atoms with van der Waals surface area (Å²) in [5, 5.41) is 3.25. The first kappa shape index (κ1) is 14.3. The van der Waals surface area contributed by atoms with Crippen LogP contribution in [0.25, 0.3) is 0 Å². The van der Waals surface area contributed by atoms with E-state index in [-0.39, 0.29) is 11.4 Å². The molecule has 0 atom stereocenters. The lowest BCUT2D eigenvalue weighted by molar-refractivity contribution is -0.122. The highest BCUT2D eigenvalue weighted by Crippen LogP contribution is 2.24. The SMILES string of the molecule is CC(C)(C)NC(=O)CCc1nc(Cl)nc2c1CCC2. The Labute approximate surface area is 119 Å². The maximum Gasteiger partial charge on any atom is 0.222 e. The summed E-state index contributed by atoms with van der Waals surface area (Å²) < 4.78 is 0. The molecular weight excluding hydrogens is 262 g/mol. The second-order valence-corrected chi connectivity index (χ2v) is 6.35. The lowest BCUT2D eigenvalue weighted by Crippen LogP contribution is -2.40. The smallest absolute Gasteiger partial charge is 0.222 e. The van der Waals surface area contributed by atoms with E-state index < -0.39 is 0 Å². The van der Waals surface area contributed by atoms with Gasteiger partial charge >= 0.3 is 0 Å². The minimum absolute atomic E-state index is 0.0500. The monoisotopic (exact) mass is 281 g/mol. The van der Waals surface area contributed by atoms with Crippen LogP contribution in [-0.2, 0) is 24.1 Å². The molecule has 0 fully saturated rings. The van der Waals surface area contributed by atoms with Crippen LogP contribution in [0.2, 0.25) is 5.28 Å². The van der Waals surface area contributed by atoms with E-state index in [1.807, 2.05) is 20.8 Å². The molecule has 0 saturated carbocycles. The number of aromatic nitrogens is 2. The number of rotatable bonds is 3. The third-order valence-electron chi connectivity index (χ3n) is 3.09. The van der Waals surface area contributed by atoms with Gasteiger partial charge in [0.1, 0.15) is 0 Å². The summed E-state index contributed by atoms with van der Waals surface area (Å²) in [5.74, 6) is 0.0500. The Morgan fingerprint density at radius 2 is 2.05 bits per heavy atom. The Balaban J connectivity index is 2.02. The van der Waals surface area contributed by atoms with Crippen molar-refractivity contribution in [3.8, 4) is 0 Å². The summed E-state index contributed by atoms with van der Waals surface area (Å²) in [4.78, 5) is 20.4. The van der Waals surface area contributed by atoms with Gasteiger partial charge in [-0.2, -0.15) is 0 Å². The van der Waals surface area contributed by atoms with Crippen LogP contribution in [0.1, 0.15) is 50.6 Å².